The lowest BCUT2D eigenvalue weighted by Gasteiger charge is -2.20. The molecule has 1 rings (SSSR count). The third-order valence-corrected chi connectivity index (χ3v) is 2.39. The van der Waals surface area contributed by atoms with Gasteiger partial charge < -0.3 is 10.5 Å². The third-order valence-electron chi connectivity index (χ3n) is 2.39. The van der Waals surface area contributed by atoms with Crippen LogP contribution >= 0.6 is 0 Å². The fourth-order valence-corrected chi connectivity index (χ4v) is 1.43. The average molecular weight is 248 g/mol. The summed E-state index contributed by atoms with van der Waals surface area (Å²) in [6.45, 7) is 4.45. The Morgan fingerprint density at radius 3 is 2.47 bits per heavy atom. The highest BCUT2D eigenvalue weighted by molar-refractivity contribution is 5.37. The fourth-order valence-electron chi connectivity index (χ4n) is 1.43. The van der Waals surface area contributed by atoms with Crippen LogP contribution in [0.3, 0.4) is 0 Å². The number of aromatic nitrogens is 1. The Morgan fingerprint density at radius 1 is 1.41 bits per heavy atom. The van der Waals surface area contributed by atoms with Crippen molar-refractivity contribution in [2.24, 2.45) is 5.73 Å². The largest absolute Gasteiger partial charge is 0.481 e. The molecule has 0 fully saturated rings. The lowest BCUT2D eigenvalue weighted by molar-refractivity contribution is -0.189. The first-order valence-electron chi connectivity index (χ1n) is 5.16. The van der Waals surface area contributed by atoms with E-state index in [0.29, 0.717) is 17.0 Å². The molecule has 0 aromatic carbocycles. The molecule has 1 heterocycles. The van der Waals surface area contributed by atoms with Gasteiger partial charge in [0.25, 0.3) is 0 Å². The van der Waals surface area contributed by atoms with Crippen molar-refractivity contribution in [2.75, 3.05) is 0 Å². The molecule has 6 heteroatoms. The van der Waals surface area contributed by atoms with Crippen molar-refractivity contribution in [3.05, 3.63) is 23.0 Å². The number of pyridine rings is 1. The van der Waals surface area contributed by atoms with Crippen molar-refractivity contribution < 1.29 is 17.9 Å². The minimum Gasteiger partial charge on any atom is -0.481 e. The van der Waals surface area contributed by atoms with Crippen LogP contribution in [0.15, 0.2) is 6.07 Å². The van der Waals surface area contributed by atoms with Gasteiger partial charge in [0, 0.05) is 29.6 Å². The van der Waals surface area contributed by atoms with E-state index in [0.717, 1.165) is 6.92 Å². The standard InChI is InChI=1S/C11H15F3N2O/c1-6-4-10(9(5-15)7(2)16-6)17-8(3)11(12,13)14/h4,8H,5,15H2,1-3H3. The molecule has 0 radical (unpaired) electrons. The second-order valence-corrected chi connectivity index (χ2v) is 3.83. The van der Waals surface area contributed by atoms with Crippen molar-refractivity contribution in [3.63, 3.8) is 0 Å². The SMILES string of the molecule is Cc1cc(OC(C)C(F)(F)F)c(CN)c(C)n1. The van der Waals surface area contributed by atoms with E-state index >= 15 is 0 Å². The number of nitrogens with zero attached hydrogens (tertiary/aromatic N) is 1. The topological polar surface area (TPSA) is 48.1 Å². The minimum atomic E-state index is -4.39. The smallest absolute Gasteiger partial charge is 0.425 e. The maximum atomic E-state index is 12.4. The van der Waals surface area contributed by atoms with E-state index in [1.165, 1.54) is 6.07 Å². The lowest BCUT2D eigenvalue weighted by Crippen LogP contribution is -2.31. The molecule has 0 aliphatic carbocycles. The minimum absolute atomic E-state index is 0.0963. The van der Waals surface area contributed by atoms with E-state index in [4.69, 9.17) is 10.5 Å². The van der Waals surface area contributed by atoms with E-state index in [1.54, 1.807) is 13.8 Å². The first kappa shape index (κ1) is 13.8. The monoisotopic (exact) mass is 248 g/mol. The number of alkyl halides is 3. The van der Waals surface area contributed by atoms with Crippen LogP contribution in [0.1, 0.15) is 23.9 Å². The van der Waals surface area contributed by atoms with Crippen LogP contribution in [0, 0.1) is 13.8 Å². The molecule has 0 saturated carbocycles. The molecule has 3 nitrogen and oxygen atoms in total. The summed E-state index contributed by atoms with van der Waals surface area (Å²) < 4.78 is 42.1. The Morgan fingerprint density at radius 2 is 2.00 bits per heavy atom. The maximum Gasteiger partial charge on any atom is 0.425 e. The van der Waals surface area contributed by atoms with E-state index in [-0.39, 0.29) is 12.3 Å². The molecule has 0 saturated heterocycles. The summed E-state index contributed by atoms with van der Waals surface area (Å²) in [7, 11) is 0. The fraction of sp³-hybridized carbons (Fsp3) is 0.545. The highest BCUT2D eigenvalue weighted by Crippen LogP contribution is 2.28. The Bertz CT molecular complexity index is 404. The Labute approximate surface area is 97.8 Å². The van der Waals surface area contributed by atoms with Crippen LogP contribution in [0.25, 0.3) is 0 Å². The molecule has 0 aliphatic heterocycles. The van der Waals surface area contributed by atoms with Crippen molar-refractivity contribution in [3.8, 4) is 5.75 Å². The van der Waals surface area contributed by atoms with Gasteiger partial charge in [0.05, 0.1) is 0 Å². The molecule has 1 aromatic heterocycles. The van der Waals surface area contributed by atoms with E-state index in [9.17, 15) is 13.2 Å². The van der Waals surface area contributed by atoms with Gasteiger partial charge in [-0.25, -0.2) is 0 Å². The average Bonchev–Trinajstić information content (AvgIpc) is 2.15. The Kier molecular flexibility index (Phi) is 3.98. The molecule has 17 heavy (non-hydrogen) atoms. The Hall–Kier alpha value is -1.30. The van der Waals surface area contributed by atoms with Crippen LogP contribution < -0.4 is 10.5 Å². The van der Waals surface area contributed by atoms with Gasteiger partial charge in [-0.1, -0.05) is 0 Å². The quantitative estimate of drug-likeness (QED) is 0.894. The van der Waals surface area contributed by atoms with Gasteiger partial charge in [-0.3, -0.25) is 4.98 Å². The molecular weight excluding hydrogens is 233 g/mol. The summed E-state index contributed by atoms with van der Waals surface area (Å²) in [4.78, 5) is 4.13. The van der Waals surface area contributed by atoms with Gasteiger partial charge in [0.1, 0.15) is 5.75 Å². The highest BCUT2D eigenvalue weighted by atomic mass is 19.4. The predicted molar refractivity (Wildman–Crippen MR) is 57.7 cm³/mol. The number of nitrogens with two attached hydrogens (primary N) is 1. The molecule has 2 N–H and O–H groups in total. The van der Waals surface area contributed by atoms with Crippen LogP contribution in [0.2, 0.25) is 0 Å². The lowest BCUT2D eigenvalue weighted by atomic mass is 10.1. The van der Waals surface area contributed by atoms with Crippen molar-refractivity contribution in [2.45, 2.75) is 39.6 Å². The zero-order chi connectivity index (χ0) is 13.2. The van der Waals surface area contributed by atoms with Crippen molar-refractivity contribution in [1.29, 1.82) is 0 Å². The molecule has 1 aromatic rings. The maximum absolute atomic E-state index is 12.4. The second-order valence-electron chi connectivity index (χ2n) is 3.83. The summed E-state index contributed by atoms with van der Waals surface area (Å²) in [6.07, 6.45) is -6.26. The number of ether oxygens (including phenoxy) is 1. The van der Waals surface area contributed by atoms with E-state index < -0.39 is 12.3 Å². The number of rotatable bonds is 3. The molecule has 0 aliphatic rings. The molecule has 1 atom stereocenters. The first-order chi connectivity index (χ1) is 7.75. The number of aryl methyl sites for hydroxylation is 2. The Balaban J connectivity index is 3.05. The van der Waals surface area contributed by atoms with Crippen LogP contribution in [-0.4, -0.2) is 17.3 Å². The number of hydrogen-bond donors (Lipinski definition) is 1. The van der Waals surface area contributed by atoms with Gasteiger partial charge in [-0.2, -0.15) is 13.2 Å². The number of hydrogen-bond acceptors (Lipinski definition) is 3. The summed E-state index contributed by atoms with van der Waals surface area (Å²) in [5.74, 6) is 0.155. The predicted octanol–water partition coefficient (Wildman–Crippen LogP) is 2.49. The van der Waals surface area contributed by atoms with Gasteiger partial charge in [0.15, 0.2) is 6.10 Å². The van der Waals surface area contributed by atoms with E-state index in [1.807, 2.05) is 0 Å². The van der Waals surface area contributed by atoms with Gasteiger partial charge in [-0.15, -0.1) is 0 Å². The zero-order valence-corrected chi connectivity index (χ0v) is 9.93. The van der Waals surface area contributed by atoms with Crippen LogP contribution in [-0.2, 0) is 6.54 Å². The first-order valence-corrected chi connectivity index (χ1v) is 5.16. The van der Waals surface area contributed by atoms with Crippen LogP contribution in [0.4, 0.5) is 13.2 Å². The summed E-state index contributed by atoms with van der Waals surface area (Å²) in [6, 6.07) is 1.47. The van der Waals surface area contributed by atoms with E-state index in [2.05, 4.69) is 4.98 Å². The number of halogens is 3. The summed E-state index contributed by atoms with van der Waals surface area (Å²) in [5, 5.41) is 0. The highest BCUT2D eigenvalue weighted by Gasteiger charge is 2.38. The molecule has 0 amide bonds. The third kappa shape index (κ3) is 3.33. The second kappa shape index (κ2) is 4.91. The molecule has 0 bridgehead atoms. The summed E-state index contributed by atoms with van der Waals surface area (Å²) in [5.41, 5.74) is 7.19. The van der Waals surface area contributed by atoms with Gasteiger partial charge in [-0.05, 0) is 20.8 Å². The molecular formula is C11H15F3N2O. The van der Waals surface area contributed by atoms with Gasteiger partial charge in [0.2, 0.25) is 0 Å². The van der Waals surface area contributed by atoms with Crippen molar-refractivity contribution in [1.82, 2.24) is 4.98 Å². The normalized spacial score (nSPS) is 13.6. The van der Waals surface area contributed by atoms with Crippen LogP contribution in [0.5, 0.6) is 5.75 Å². The zero-order valence-electron chi connectivity index (χ0n) is 9.93. The summed E-state index contributed by atoms with van der Waals surface area (Å²) >= 11 is 0. The van der Waals surface area contributed by atoms with Gasteiger partial charge >= 0.3 is 6.18 Å². The molecule has 0 spiro atoms. The molecule has 1 unspecified atom stereocenters. The van der Waals surface area contributed by atoms with Crippen molar-refractivity contribution >= 4 is 0 Å². The molecule has 96 valence electrons.